The van der Waals surface area contributed by atoms with Gasteiger partial charge < -0.3 is 23.9 Å². The van der Waals surface area contributed by atoms with Crippen molar-refractivity contribution in [1.29, 1.82) is 0 Å². The molecule has 0 bridgehead atoms. The van der Waals surface area contributed by atoms with Gasteiger partial charge >= 0.3 is 0 Å². The van der Waals surface area contributed by atoms with Crippen LogP contribution >= 0.6 is 11.3 Å². The maximum absolute atomic E-state index is 12.3. The lowest BCUT2D eigenvalue weighted by atomic mass is 10.2. The van der Waals surface area contributed by atoms with E-state index in [0.717, 1.165) is 15.2 Å². The largest absolute Gasteiger partial charge is 0.484 e. The van der Waals surface area contributed by atoms with Crippen LogP contribution in [0.3, 0.4) is 0 Å². The summed E-state index contributed by atoms with van der Waals surface area (Å²) in [6, 6.07) is 5.52. The number of carbonyl (C=O) groups excluding carboxylic acids is 1. The molecule has 27 heavy (non-hydrogen) atoms. The molecule has 4 rings (SSSR count). The Bertz CT molecular complexity index is 954. The molecule has 0 spiro atoms. The fourth-order valence-corrected chi connectivity index (χ4v) is 3.69. The summed E-state index contributed by atoms with van der Waals surface area (Å²) in [5, 5.41) is 3.85. The van der Waals surface area contributed by atoms with Crippen LogP contribution in [0.25, 0.3) is 10.2 Å². The summed E-state index contributed by atoms with van der Waals surface area (Å²) in [7, 11) is 1.59. The maximum Gasteiger partial charge on any atom is 0.273 e. The molecule has 8 nitrogen and oxygen atoms in total. The lowest BCUT2D eigenvalue weighted by Gasteiger charge is -2.16. The van der Waals surface area contributed by atoms with Gasteiger partial charge in [-0.2, -0.15) is 0 Å². The highest BCUT2D eigenvalue weighted by atomic mass is 32.1. The van der Waals surface area contributed by atoms with Gasteiger partial charge in [-0.1, -0.05) is 0 Å². The molecular weight excluding hydrogens is 370 g/mol. The summed E-state index contributed by atoms with van der Waals surface area (Å²) >= 11 is 1.64. The van der Waals surface area contributed by atoms with Crippen molar-refractivity contribution in [2.24, 2.45) is 0 Å². The smallest absolute Gasteiger partial charge is 0.273 e. The summed E-state index contributed by atoms with van der Waals surface area (Å²) in [4.78, 5) is 20.9. The second-order valence-corrected chi connectivity index (χ2v) is 7.40. The number of hydrogen-bond donors (Lipinski definition) is 1. The van der Waals surface area contributed by atoms with Gasteiger partial charge in [0.1, 0.15) is 18.1 Å². The standard InChI is InChI=1S/C18H19N3O5S/c1-10-19-12-5-11(3-4-16(12)27-10)25-9-17-20-14(7-26-17)18(22)21-13-6-24-8-15(13)23-2/h3-5,7,13,15H,6,8-9H2,1-2H3,(H,21,22)/t13-,15-/m0/s1. The van der Waals surface area contributed by atoms with Crippen molar-refractivity contribution in [3.63, 3.8) is 0 Å². The highest BCUT2D eigenvalue weighted by Gasteiger charge is 2.30. The predicted octanol–water partition coefficient (Wildman–Crippen LogP) is 2.32. The number of aromatic nitrogens is 2. The van der Waals surface area contributed by atoms with Gasteiger partial charge in [-0.25, -0.2) is 9.97 Å². The van der Waals surface area contributed by atoms with E-state index in [0.29, 0.717) is 24.9 Å². The first-order valence-electron chi connectivity index (χ1n) is 8.48. The number of methoxy groups -OCH3 is 1. The van der Waals surface area contributed by atoms with E-state index in [9.17, 15) is 4.79 Å². The number of rotatable bonds is 6. The number of fused-ring (bicyclic) bond motifs is 1. The van der Waals surface area contributed by atoms with Crippen LogP contribution in [0.2, 0.25) is 0 Å². The molecule has 2 atom stereocenters. The summed E-state index contributed by atoms with van der Waals surface area (Å²) < 4.78 is 22.8. The molecule has 0 radical (unpaired) electrons. The quantitative estimate of drug-likeness (QED) is 0.691. The first kappa shape index (κ1) is 17.9. The van der Waals surface area contributed by atoms with Crippen molar-refractivity contribution in [1.82, 2.24) is 15.3 Å². The zero-order chi connectivity index (χ0) is 18.8. The number of amides is 1. The van der Waals surface area contributed by atoms with E-state index < -0.39 is 0 Å². The minimum Gasteiger partial charge on any atom is -0.484 e. The van der Waals surface area contributed by atoms with Crippen molar-refractivity contribution in [2.45, 2.75) is 25.7 Å². The summed E-state index contributed by atoms with van der Waals surface area (Å²) in [5.41, 5.74) is 1.09. The minimum atomic E-state index is -0.332. The van der Waals surface area contributed by atoms with Crippen LogP contribution in [0, 0.1) is 6.92 Å². The third-order valence-electron chi connectivity index (χ3n) is 4.26. The third-order valence-corrected chi connectivity index (χ3v) is 5.21. The molecule has 1 N–H and O–H groups in total. The van der Waals surface area contributed by atoms with Crippen molar-refractivity contribution in [2.75, 3.05) is 20.3 Å². The van der Waals surface area contributed by atoms with Crippen molar-refractivity contribution >= 4 is 27.5 Å². The number of hydrogen-bond acceptors (Lipinski definition) is 8. The molecule has 0 unspecified atom stereocenters. The fourth-order valence-electron chi connectivity index (χ4n) is 2.88. The number of nitrogens with zero attached hydrogens (tertiary/aromatic N) is 2. The van der Waals surface area contributed by atoms with Gasteiger partial charge in [0.15, 0.2) is 12.3 Å². The number of ether oxygens (including phenoxy) is 3. The Kier molecular flexibility index (Phi) is 5.06. The van der Waals surface area contributed by atoms with Crippen LogP contribution in [0.5, 0.6) is 5.75 Å². The molecule has 9 heteroatoms. The Morgan fingerprint density at radius 1 is 1.37 bits per heavy atom. The van der Waals surface area contributed by atoms with Gasteiger partial charge in [-0.05, 0) is 19.1 Å². The monoisotopic (exact) mass is 389 g/mol. The lowest BCUT2D eigenvalue weighted by Crippen LogP contribution is -2.43. The molecule has 1 aliphatic heterocycles. The molecule has 1 fully saturated rings. The highest BCUT2D eigenvalue weighted by molar-refractivity contribution is 7.18. The van der Waals surface area contributed by atoms with E-state index in [4.69, 9.17) is 18.6 Å². The molecule has 1 amide bonds. The molecule has 2 aromatic heterocycles. The second-order valence-electron chi connectivity index (χ2n) is 6.17. The molecule has 1 saturated heterocycles. The number of thiazole rings is 1. The van der Waals surface area contributed by atoms with E-state index in [1.807, 2.05) is 25.1 Å². The number of oxazole rings is 1. The normalized spacial score (nSPS) is 19.5. The topological polar surface area (TPSA) is 95.7 Å². The van der Waals surface area contributed by atoms with Crippen molar-refractivity contribution in [3.8, 4) is 5.75 Å². The zero-order valence-corrected chi connectivity index (χ0v) is 15.7. The van der Waals surface area contributed by atoms with Crippen LogP contribution < -0.4 is 10.1 Å². The second kappa shape index (κ2) is 7.63. The first-order chi connectivity index (χ1) is 13.1. The molecule has 142 valence electrons. The average molecular weight is 389 g/mol. The predicted molar refractivity (Wildman–Crippen MR) is 98.1 cm³/mol. The SMILES string of the molecule is CO[C@H]1COC[C@@H]1NC(=O)c1coc(COc2ccc3sc(C)nc3c2)n1. The molecule has 0 aliphatic carbocycles. The van der Waals surface area contributed by atoms with Gasteiger partial charge in [-0.3, -0.25) is 4.79 Å². The van der Waals surface area contributed by atoms with Gasteiger partial charge in [0.2, 0.25) is 5.89 Å². The summed E-state index contributed by atoms with van der Waals surface area (Å²) in [6.45, 7) is 2.96. The van der Waals surface area contributed by atoms with Crippen LogP contribution in [0.15, 0.2) is 28.9 Å². The Morgan fingerprint density at radius 2 is 2.26 bits per heavy atom. The minimum absolute atomic E-state index is 0.120. The molecule has 1 aliphatic rings. The number of carbonyl (C=O) groups is 1. The van der Waals surface area contributed by atoms with E-state index in [1.165, 1.54) is 6.26 Å². The Hall–Kier alpha value is -2.49. The summed E-state index contributed by atoms with van der Waals surface area (Å²) in [6.07, 6.45) is 1.16. The van der Waals surface area contributed by atoms with Gasteiger partial charge in [0, 0.05) is 13.2 Å². The molecule has 1 aromatic carbocycles. The fraction of sp³-hybridized carbons (Fsp3) is 0.389. The van der Waals surface area contributed by atoms with E-state index in [-0.39, 0.29) is 30.4 Å². The van der Waals surface area contributed by atoms with Gasteiger partial charge in [0.25, 0.3) is 5.91 Å². The van der Waals surface area contributed by atoms with Crippen LogP contribution in [0.4, 0.5) is 0 Å². The van der Waals surface area contributed by atoms with Crippen molar-refractivity contribution in [3.05, 3.63) is 41.1 Å². The van der Waals surface area contributed by atoms with E-state index >= 15 is 0 Å². The van der Waals surface area contributed by atoms with Gasteiger partial charge in [-0.15, -0.1) is 11.3 Å². The van der Waals surface area contributed by atoms with Gasteiger partial charge in [0.05, 0.1) is 34.5 Å². The van der Waals surface area contributed by atoms with Crippen LogP contribution in [0.1, 0.15) is 21.4 Å². The Morgan fingerprint density at radius 3 is 3.11 bits per heavy atom. The average Bonchev–Trinajstić information content (AvgIpc) is 3.38. The molecule has 0 saturated carbocycles. The number of benzene rings is 1. The Labute approximate surface area is 159 Å². The molecule has 3 heterocycles. The molecular formula is C18H19N3O5S. The zero-order valence-electron chi connectivity index (χ0n) is 14.9. The third kappa shape index (κ3) is 3.95. The highest BCUT2D eigenvalue weighted by Crippen LogP contribution is 2.26. The van der Waals surface area contributed by atoms with E-state index in [1.54, 1.807) is 18.4 Å². The molecule has 3 aromatic rings. The number of nitrogens with one attached hydrogen (secondary N) is 1. The van der Waals surface area contributed by atoms with Crippen molar-refractivity contribution < 1.29 is 23.4 Å². The maximum atomic E-state index is 12.3. The van der Waals surface area contributed by atoms with Crippen LogP contribution in [-0.2, 0) is 16.1 Å². The number of aryl methyl sites for hydroxylation is 1. The van der Waals surface area contributed by atoms with E-state index in [2.05, 4.69) is 15.3 Å². The first-order valence-corrected chi connectivity index (χ1v) is 9.30. The Balaban J connectivity index is 1.36. The van der Waals surface area contributed by atoms with Crippen LogP contribution in [-0.4, -0.2) is 48.3 Å². The summed E-state index contributed by atoms with van der Waals surface area (Å²) in [5.74, 6) is 0.658. The lowest BCUT2D eigenvalue weighted by molar-refractivity contribution is 0.0684.